The first-order valence-corrected chi connectivity index (χ1v) is 8.59. The van der Waals surface area contributed by atoms with Crippen molar-refractivity contribution in [3.63, 3.8) is 0 Å². The largest absolute Gasteiger partial charge is 0.344 e. The second-order valence-electron chi connectivity index (χ2n) is 6.10. The SMILES string of the molecule is NC(CC(=O)NC1CCN(c2ccc(Cl)cc2)C1=O)c1ccccc1. The minimum Gasteiger partial charge on any atom is -0.344 e. The van der Waals surface area contributed by atoms with Crippen LogP contribution in [0.1, 0.15) is 24.4 Å². The Morgan fingerprint density at radius 2 is 1.88 bits per heavy atom. The number of nitrogens with zero attached hydrogens (tertiary/aromatic N) is 1. The number of nitrogens with one attached hydrogen (secondary N) is 1. The van der Waals surface area contributed by atoms with Crippen molar-refractivity contribution in [1.29, 1.82) is 0 Å². The van der Waals surface area contributed by atoms with Crippen LogP contribution in [0.2, 0.25) is 5.02 Å². The highest BCUT2D eigenvalue weighted by atomic mass is 35.5. The molecule has 1 saturated heterocycles. The quantitative estimate of drug-likeness (QED) is 0.863. The van der Waals surface area contributed by atoms with Crippen LogP contribution in [0.3, 0.4) is 0 Å². The van der Waals surface area contributed by atoms with Crippen LogP contribution in [0, 0.1) is 0 Å². The fourth-order valence-corrected chi connectivity index (χ4v) is 3.09. The van der Waals surface area contributed by atoms with E-state index < -0.39 is 6.04 Å². The molecule has 130 valence electrons. The normalized spacial score (nSPS) is 18.2. The van der Waals surface area contributed by atoms with Gasteiger partial charge in [-0.1, -0.05) is 41.9 Å². The molecule has 0 aliphatic carbocycles. The van der Waals surface area contributed by atoms with Crippen LogP contribution in [-0.2, 0) is 9.59 Å². The van der Waals surface area contributed by atoms with Crippen LogP contribution >= 0.6 is 11.6 Å². The Kier molecular flexibility index (Phi) is 5.36. The van der Waals surface area contributed by atoms with Crippen LogP contribution in [0.25, 0.3) is 0 Å². The molecular weight excluding hydrogens is 338 g/mol. The molecule has 0 saturated carbocycles. The van der Waals surface area contributed by atoms with Crippen molar-refractivity contribution in [3.8, 4) is 0 Å². The van der Waals surface area contributed by atoms with Crippen LogP contribution in [-0.4, -0.2) is 24.4 Å². The van der Waals surface area contributed by atoms with E-state index in [0.29, 0.717) is 18.0 Å². The van der Waals surface area contributed by atoms with E-state index in [0.717, 1.165) is 11.3 Å². The molecule has 1 aliphatic rings. The number of carbonyl (C=O) groups excluding carboxylic acids is 2. The van der Waals surface area contributed by atoms with Crippen LogP contribution < -0.4 is 16.0 Å². The van der Waals surface area contributed by atoms with E-state index in [4.69, 9.17) is 17.3 Å². The van der Waals surface area contributed by atoms with Crippen LogP contribution in [0.4, 0.5) is 5.69 Å². The fourth-order valence-electron chi connectivity index (χ4n) is 2.96. The molecule has 2 aromatic rings. The predicted molar refractivity (Wildman–Crippen MR) is 98.3 cm³/mol. The second-order valence-corrected chi connectivity index (χ2v) is 6.53. The average molecular weight is 358 g/mol. The predicted octanol–water partition coefficient (Wildman–Crippen LogP) is 2.65. The van der Waals surface area contributed by atoms with Crippen molar-refractivity contribution >= 4 is 29.1 Å². The van der Waals surface area contributed by atoms with E-state index in [9.17, 15) is 9.59 Å². The summed E-state index contributed by atoms with van der Waals surface area (Å²) < 4.78 is 0. The summed E-state index contributed by atoms with van der Waals surface area (Å²) in [5.74, 6) is -0.323. The number of amides is 2. The Labute approximate surface area is 151 Å². The summed E-state index contributed by atoms with van der Waals surface area (Å²) in [7, 11) is 0. The van der Waals surface area contributed by atoms with Crippen LogP contribution in [0.15, 0.2) is 54.6 Å². The van der Waals surface area contributed by atoms with Crippen molar-refractivity contribution in [2.45, 2.75) is 24.9 Å². The van der Waals surface area contributed by atoms with E-state index in [1.807, 2.05) is 30.3 Å². The van der Waals surface area contributed by atoms with Crippen molar-refractivity contribution in [3.05, 3.63) is 65.2 Å². The highest BCUT2D eigenvalue weighted by molar-refractivity contribution is 6.30. The summed E-state index contributed by atoms with van der Waals surface area (Å²) >= 11 is 5.88. The van der Waals surface area contributed by atoms with Crippen molar-refractivity contribution in [2.75, 3.05) is 11.4 Å². The minimum absolute atomic E-state index is 0.107. The van der Waals surface area contributed by atoms with Gasteiger partial charge in [-0.15, -0.1) is 0 Å². The van der Waals surface area contributed by atoms with Crippen molar-refractivity contribution < 1.29 is 9.59 Å². The molecule has 0 aromatic heterocycles. The van der Waals surface area contributed by atoms with Gasteiger partial charge in [0.1, 0.15) is 6.04 Å². The smallest absolute Gasteiger partial charge is 0.249 e. The standard InChI is InChI=1S/C19H20ClN3O2/c20-14-6-8-15(9-7-14)23-11-10-17(19(23)25)22-18(24)12-16(21)13-4-2-1-3-5-13/h1-9,16-17H,10-12,21H2,(H,22,24). The van der Waals surface area contributed by atoms with E-state index in [-0.39, 0.29) is 24.3 Å². The summed E-state index contributed by atoms with van der Waals surface area (Å²) in [5, 5.41) is 3.42. The third kappa shape index (κ3) is 4.18. The van der Waals surface area contributed by atoms with Gasteiger partial charge < -0.3 is 16.0 Å². The van der Waals surface area contributed by atoms with E-state index in [1.54, 1.807) is 29.2 Å². The maximum Gasteiger partial charge on any atom is 0.249 e. The lowest BCUT2D eigenvalue weighted by Crippen LogP contribution is -2.42. The lowest BCUT2D eigenvalue weighted by molar-refractivity contribution is -0.126. The Hall–Kier alpha value is -2.37. The number of nitrogens with two attached hydrogens (primary N) is 1. The van der Waals surface area contributed by atoms with Gasteiger partial charge in [-0.2, -0.15) is 0 Å². The molecule has 1 aliphatic heterocycles. The first-order chi connectivity index (χ1) is 12.0. The van der Waals surface area contributed by atoms with E-state index >= 15 is 0 Å². The zero-order valence-corrected chi connectivity index (χ0v) is 14.4. The molecule has 2 unspecified atom stereocenters. The Bertz CT molecular complexity index is 749. The summed E-state index contributed by atoms with van der Waals surface area (Å²) in [6.45, 7) is 0.566. The molecular formula is C19H20ClN3O2. The molecule has 2 atom stereocenters. The molecule has 0 spiro atoms. The summed E-state index contributed by atoms with van der Waals surface area (Å²) in [4.78, 5) is 26.4. The number of anilines is 1. The average Bonchev–Trinajstić information content (AvgIpc) is 2.97. The zero-order chi connectivity index (χ0) is 17.8. The molecule has 1 heterocycles. The lowest BCUT2D eigenvalue weighted by atomic mass is 10.0. The number of carbonyl (C=O) groups is 2. The monoisotopic (exact) mass is 357 g/mol. The number of hydrogen-bond acceptors (Lipinski definition) is 3. The van der Waals surface area contributed by atoms with Gasteiger partial charge in [-0.05, 0) is 36.2 Å². The molecule has 3 N–H and O–H groups in total. The molecule has 0 bridgehead atoms. The third-order valence-corrected chi connectivity index (χ3v) is 4.56. The highest BCUT2D eigenvalue weighted by Gasteiger charge is 2.33. The summed E-state index contributed by atoms with van der Waals surface area (Å²) in [6.07, 6.45) is 0.725. The molecule has 2 aromatic carbocycles. The first-order valence-electron chi connectivity index (χ1n) is 8.21. The van der Waals surface area contributed by atoms with Gasteiger partial charge in [0.25, 0.3) is 0 Å². The Morgan fingerprint density at radius 3 is 2.56 bits per heavy atom. The third-order valence-electron chi connectivity index (χ3n) is 4.31. The van der Waals surface area contributed by atoms with E-state index in [1.165, 1.54) is 0 Å². The van der Waals surface area contributed by atoms with Gasteiger partial charge in [-0.25, -0.2) is 0 Å². The zero-order valence-electron chi connectivity index (χ0n) is 13.7. The van der Waals surface area contributed by atoms with Crippen molar-refractivity contribution in [2.24, 2.45) is 5.73 Å². The number of hydrogen-bond donors (Lipinski definition) is 2. The second kappa shape index (κ2) is 7.68. The van der Waals surface area contributed by atoms with Gasteiger partial charge >= 0.3 is 0 Å². The fraction of sp³-hybridized carbons (Fsp3) is 0.263. The molecule has 6 heteroatoms. The number of halogens is 1. The molecule has 3 rings (SSSR count). The maximum atomic E-state index is 12.5. The van der Waals surface area contributed by atoms with Gasteiger partial charge in [0.05, 0.1) is 0 Å². The topological polar surface area (TPSA) is 75.4 Å². The summed E-state index contributed by atoms with van der Waals surface area (Å²) in [6, 6.07) is 15.7. The molecule has 25 heavy (non-hydrogen) atoms. The van der Waals surface area contributed by atoms with E-state index in [2.05, 4.69) is 5.32 Å². The number of rotatable bonds is 5. The van der Waals surface area contributed by atoms with Gasteiger partial charge in [0.2, 0.25) is 11.8 Å². The molecule has 1 fully saturated rings. The van der Waals surface area contributed by atoms with Gasteiger partial charge in [0.15, 0.2) is 0 Å². The van der Waals surface area contributed by atoms with Gasteiger partial charge in [0, 0.05) is 29.7 Å². The van der Waals surface area contributed by atoms with Crippen LogP contribution in [0.5, 0.6) is 0 Å². The van der Waals surface area contributed by atoms with Gasteiger partial charge in [-0.3, -0.25) is 9.59 Å². The lowest BCUT2D eigenvalue weighted by Gasteiger charge is -2.18. The molecule has 2 amide bonds. The minimum atomic E-state index is -0.508. The Balaban J connectivity index is 1.57. The molecule has 5 nitrogen and oxygen atoms in total. The first kappa shape index (κ1) is 17.5. The summed E-state index contributed by atoms with van der Waals surface area (Å²) in [5.41, 5.74) is 7.75. The maximum absolute atomic E-state index is 12.5. The van der Waals surface area contributed by atoms with Crippen molar-refractivity contribution in [1.82, 2.24) is 5.32 Å². The number of benzene rings is 2. The highest BCUT2D eigenvalue weighted by Crippen LogP contribution is 2.23. The Morgan fingerprint density at radius 1 is 1.20 bits per heavy atom. The molecule has 0 radical (unpaired) electrons.